The van der Waals surface area contributed by atoms with Gasteiger partial charge in [0.25, 0.3) is 0 Å². The van der Waals surface area contributed by atoms with Crippen LogP contribution in [0.25, 0.3) is 0 Å². The van der Waals surface area contributed by atoms with Crippen LogP contribution in [-0.2, 0) is 16.1 Å². The Morgan fingerprint density at radius 1 is 1.25 bits per heavy atom. The van der Waals surface area contributed by atoms with Crippen LogP contribution in [0.4, 0.5) is 4.79 Å². The van der Waals surface area contributed by atoms with Gasteiger partial charge in [0.05, 0.1) is 12.6 Å². The quantitative estimate of drug-likeness (QED) is 0.700. The molecule has 1 aromatic rings. The minimum Gasteiger partial charge on any atom is -0.375 e. The fraction of sp³-hybridized carbons (Fsp3) is 0.529. The summed E-state index contributed by atoms with van der Waals surface area (Å²) in [6, 6.07) is 9.96. The largest absolute Gasteiger partial charge is 0.375 e. The summed E-state index contributed by atoms with van der Waals surface area (Å²) in [5, 5.41) is 7.67. The molecule has 3 amide bonds. The molecule has 1 aliphatic heterocycles. The number of amides is 3. The highest BCUT2D eigenvalue weighted by molar-refractivity contribution is 5.83. The van der Waals surface area contributed by atoms with Crippen LogP contribution >= 0.6 is 0 Å². The molecule has 7 heteroatoms. The van der Waals surface area contributed by atoms with Gasteiger partial charge in [0, 0.05) is 39.8 Å². The highest BCUT2D eigenvalue weighted by Gasteiger charge is 2.19. The van der Waals surface area contributed by atoms with Crippen molar-refractivity contribution in [1.82, 2.24) is 20.9 Å². The van der Waals surface area contributed by atoms with E-state index in [1.165, 1.54) is 12.6 Å². The van der Waals surface area contributed by atoms with Gasteiger partial charge in [-0.3, -0.25) is 9.69 Å². The third-order valence-electron chi connectivity index (χ3n) is 3.85. The number of rotatable bonds is 6. The predicted molar refractivity (Wildman–Crippen MR) is 91.5 cm³/mol. The van der Waals surface area contributed by atoms with E-state index in [0.29, 0.717) is 13.2 Å². The molecule has 1 saturated heterocycles. The van der Waals surface area contributed by atoms with Crippen LogP contribution in [0.5, 0.6) is 0 Å². The molecule has 0 spiro atoms. The van der Waals surface area contributed by atoms with Crippen molar-refractivity contribution in [3.05, 3.63) is 35.9 Å². The summed E-state index contributed by atoms with van der Waals surface area (Å²) in [6.45, 7) is 3.74. The number of hydrogen-bond acceptors (Lipinski definition) is 4. The maximum Gasteiger partial charge on any atom is 0.314 e. The summed E-state index contributed by atoms with van der Waals surface area (Å²) in [5.41, 5.74) is 1.27. The lowest BCUT2D eigenvalue weighted by Gasteiger charge is -2.24. The molecule has 24 heavy (non-hydrogen) atoms. The van der Waals surface area contributed by atoms with Crippen molar-refractivity contribution in [2.75, 3.05) is 39.8 Å². The molecule has 0 radical (unpaired) electrons. The summed E-state index contributed by atoms with van der Waals surface area (Å²) in [5.74, 6) is -0.221. The Balaban J connectivity index is 1.75. The molecule has 1 aliphatic rings. The van der Waals surface area contributed by atoms with E-state index in [1.807, 2.05) is 18.2 Å². The molecule has 0 aromatic heterocycles. The standard InChI is InChI=1S/C17H26N4O3/c1-18-17(23)20-11-16(22)19-10-15-13-21(8-5-9-24-15)12-14-6-3-2-4-7-14/h2-4,6-7,15H,5,8-13H2,1H3,(H,19,22)(H2,18,20,23). The first kappa shape index (κ1) is 18.2. The van der Waals surface area contributed by atoms with Gasteiger partial charge in [-0.1, -0.05) is 30.3 Å². The lowest BCUT2D eigenvalue weighted by atomic mass is 10.2. The second-order valence-corrected chi connectivity index (χ2v) is 5.80. The highest BCUT2D eigenvalue weighted by Crippen LogP contribution is 2.10. The molecule has 1 fully saturated rings. The van der Waals surface area contributed by atoms with Crippen LogP contribution in [0.3, 0.4) is 0 Å². The van der Waals surface area contributed by atoms with Crippen molar-refractivity contribution < 1.29 is 14.3 Å². The van der Waals surface area contributed by atoms with Gasteiger partial charge < -0.3 is 20.7 Å². The van der Waals surface area contributed by atoms with Gasteiger partial charge in [0.2, 0.25) is 5.91 Å². The van der Waals surface area contributed by atoms with Crippen LogP contribution in [0, 0.1) is 0 Å². The monoisotopic (exact) mass is 334 g/mol. The summed E-state index contributed by atoms with van der Waals surface area (Å²) in [6.07, 6.45) is 0.940. The molecule has 0 bridgehead atoms. The van der Waals surface area contributed by atoms with Gasteiger partial charge in [0.1, 0.15) is 0 Å². The zero-order valence-corrected chi connectivity index (χ0v) is 14.1. The van der Waals surface area contributed by atoms with Crippen LogP contribution in [0.2, 0.25) is 0 Å². The van der Waals surface area contributed by atoms with E-state index in [1.54, 1.807) is 0 Å². The molecule has 3 N–H and O–H groups in total. The number of carbonyl (C=O) groups excluding carboxylic acids is 2. The molecule has 132 valence electrons. The summed E-state index contributed by atoms with van der Waals surface area (Å²) in [4.78, 5) is 25.1. The molecular weight excluding hydrogens is 308 g/mol. The summed E-state index contributed by atoms with van der Waals surface area (Å²) in [7, 11) is 1.51. The molecule has 1 atom stereocenters. The number of hydrogen-bond donors (Lipinski definition) is 3. The number of ether oxygens (including phenoxy) is 1. The van der Waals surface area contributed by atoms with E-state index in [9.17, 15) is 9.59 Å². The maximum absolute atomic E-state index is 11.7. The van der Waals surface area contributed by atoms with Gasteiger partial charge in [-0.15, -0.1) is 0 Å². The van der Waals surface area contributed by atoms with Crippen LogP contribution in [-0.4, -0.2) is 62.8 Å². The SMILES string of the molecule is CNC(=O)NCC(=O)NCC1CN(Cc2ccccc2)CCCO1. The molecule has 2 rings (SSSR count). The number of nitrogens with zero attached hydrogens (tertiary/aromatic N) is 1. The third kappa shape index (κ3) is 6.55. The third-order valence-corrected chi connectivity index (χ3v) is 3.85. The minimum atomic E-state index is -0.370. The van der Waals surface area contributed by atoms with Gasteiger partial charge in [-0.25, -0.2) is 4.79 Å². The van der Waals surface area contributed by atoms with Gasteiger partial charge in [0.15, 0.2) is 0 Å². The zero-order chi connectivity index (χ0) is 17.2. The normalized spacial score (nSPS) is 18.5. The Bertz CT molecular complexity index is 524. The Labute approximate surface area is 142 Å². The first-order valence-electron chi connectivity index (χ1n) is 8.27. The van der Waals surface area contributed by atoms with E-state index in [-0.39, 0.29) is 24.6 Å². The molecule has 1 heterocycles. The molecule has 7 nitrogen and oxygen atoms in total. The Morgan fingerprint density at radius 3 is 2.79 bits per heavy atom. The second kappa shape index (κ2) is 9.89. The Hall–Kier alpha value is -2.12. The topological polar surface area (TPSA) is 82.7 Å². The van der Waals surface area contributed by atoms with Crippen molar-refractivity contribution in [1.29, 1.82) is 0 Å². The van der Waals surface area contributed by atoms with Crippen molar-refractivity contribution in [3.8, 4) is 0 Å². The lowest BCUT2D eigenvalue weighted by molar-refractivity contribution is -0.120. The smallest absolute Gasteiger partial charge is 0.314 e. The predicted octanol–water partition coefficient (Wildman–Crippen LogP) is 0.323. The number of urea groups is 1. The van der Waals surface area contributed by atoms with Crippen molar-refractivity contribution in [2.24, 2.45) is 0 Å². The van der Waals surface area contributed by atoms with Crippen molar-refractivity contribution in [3.63, 3.8) is 0 Å². The van der Waals surface area contributed by atoms with Crippen molar-refractivity contribution in [2.45, 2.75) is 19.1 Å². The molecule has 1 aromatic carbocycles. The number of carbonyl (C=O) groups is 2. The van der Waals surface area contributed by atoms with Gasteiger partial charge in [-0.05, 0) is 12.0 Å². The van der Waals surface area contributed by atoms with Crippen LogP contribution in [0.15, 0.2) is 30.3 Å². The zero-order valence-electron chi connectivity index (χ0n) is 14.1. The Kier molecular flexibility index (Phi) is 7.51. The van der Waals surface area contributed by atoms with E-state index in [0.717, 1.165) is 26.1 Å². The molecule has 0 saturated carbocycles. The fourth-order valence-electron chi connectivity index (χ4n) is 2.62. The highest BCUT2D eigenvalue weighted by atomic mass is 16.5. The molecule has 0 aliphatic carbocycles. The van der Waals surface area contributed by atoms with E-state index < -0.39 is 0 Å². The Morgan fingerprint density at radius 2 is 2.04 bits per heavy atom. The van der Waals surface area contributed by atoms with E-state index in [2.05, 4.69) is 33.0 Å². The molecular formula is C17H26N4O3. The summed E-state index contributed by atoms with van der Waals surface area (Å²) < 4.78 is 5.81. The minimum absolute atomic E-state index is 0.0415. The average Bonchev–Trinajstić information content (AvgIpc) is 2.83. The first-order valence-corrected chi connectivity index (χ1v) is 8.27. The second-order valence-electron chi connectivity index (χ2n) is 5.80. The van der Waals surface area contributed by atoms with Crippen LogP contribution < -0.4 is 16.0 Å². The first-order chi connectivity index (χ1) is 11.7. The number of nitrogens with one attached hydrogen (secondary N) is 3. The number of benzene rings is 1. The van der Waals surface area contributed by atoms with E-state index >= 15 is 0 Å². The maximum atomic E-state index is 11.7. The van der Waals surface area contributed by atoms with Crippen LogP contribution in [0.1, 0.15) is 12.0 Å². The summed E-state index contributed by atoms with van der Waals surface area (Å²) >= 11 is 0. The van der Waals surface area contributed by atoms with Crippen molar-refractivity contribution >= 4 is 11.9 Å². The fourth-order valence-corrected chi connectivity index (χ4v) is 2.62. The molecule has 1 unspecified atom stereocenters. The van der Waals surface area contributed by atoms with E-state index in [4.69, 9.17) is 4.74 Å². The van der Waals surface area contributed by atoms with Gasteiger partial charge in [-0.2, -0.15) is 0 Å². The average molecular weight is 334 g/mol. The lowest BCUT2D eigenvalue weighted by Crippen LogP contribution is -2.44. The van der Waals surface area contributed by atoms with Gasteiger partial charge >= 0.3 is 6.03 Å².